The van der Waals surface area contributed by atoms with Gasteiger partial charge < -0.3 is 11.1 Å². The van der Waals surface area contributed by atoms with Gasteiger partial charge in [-0.05, 0) is 53.6 Å². The highest BCUT2D eigenvalue weighted by Crippen LogP contribution is 2.27. The van der Waals surface area contributed by atoms with Crippen molar-refractivity contribution in [1.29, 1.82) is 0 Å². The molecule has 5 heteroatoms. The third kappa shape index (κ3) is 2.55. The summed E-state index contributed by atoms with van der Waals surface area (Å²) in [5.41, 5.74) is 7.69. The molecule has 3 rings (SSSR count). The van der Waals surface area contributed by atoms with Gasteiger partial charge in [-0.2, -0.15) is 0 Å². The molecule has 1 aromatic carbocycles. The van der Waals surface area contributed by atoms with Gasteiger partial charge in [0.25, 0.3) is 5.91 Å². The monoisotopic (exact) mass is 302 g/mol. The fourth-order valence-corrected chi connectivity index (χ4v) is 3.81. The van der Waals surface area contributed by atoms with Crippen molar-refractivity contribution >= 4 is 44.4 Å². The van der Waals surface area contributed by atoms with Crippen LogP contribution in [0, 0.1) is 6.92 Å². The largest absolute Gasteiger partial charge is 0.399 e. The molecule has 0 bridgehead atoms. The van der Waals surface area contributed by atoms with Crippen LogP contribution in [0.4, 0.5) is 5.69 Å². The number of fused-ring (bicyclic) bond motifs is 1. The third-order valence-corrected chi connectivity index (χ3v) is 5.28. The third-order valence-electron chi connectivity index (χ3n) is 3.14. The second-order valence-corrected chi connectivity index (χ2v) is 6.70. The SMILES string of the molecule is Cc1ccsc1CNC(=O)c1cc2cc(N)ccc2s1. The Morgan fingerprint density at radius 3 is 2.90 bits per heavy atom. The molecule has 0 spiro atoms. The average molecular weight is 302 g/mol. The maximum Gasteiger partial charge on any atom is 0.261 e. The molecule has 0 saturated heterocycles. The van der Waals surface area contributed by atoms with Gasteiger partial charge in [0.05, 0.1) is 11.4 Å². The second-order valence-electron chi connectivity index (χ2n) is 4.62. The Morgan fingerprint density at radius 1 is 1.30 bits per heavy atom. The Hall–Kier alpha value is -1.85. The van der Waals surface area contributed by atoms with Crippen LogP contribution in [0.25, 0.3) is 10.1 Å². The smallest absolute Gasteiger partial charge is 0.261 e. The number of carbonyl (C=O) groups is 1. The van der Waals surface area contributed by atoms with Crippen LogP contribution >= 0.6 is 22.7 Å². The number of hydrogen-bond donors (Lipinski definition) is 2. The predicted octanol–water partition coefficient (Wildman–Crippen LogP) is 3.78. The molecule has 0 unspecified atom stereocenters. The van der Waals surface area contributed by atoms with Crippen molar-refractivity contribution in [2.45, 2.75) is 13.5 Å². The summed E-state index contributed by atoms with van der Waals surface area (Å²) in [5.74, 6) is -0.0300. The molecule has 3 nitrogen and oxygen atoms in total. The fourth-order valence-electron chi connectivity index (χ4n) is 2.01. The minimum absolute atomic E-state index is 0.0300. The number of amides is 1. The summed E-state index contributed by atoms with van der Waals surface area (Å²) < 4.78 is 1.08. The number of carbonyl (C=O) groups excluding carboxylic acids is 1. The molecule has 0 saturated carbocycles. The number of nitrogens with two attached hydrogens (primary N) is 1. The van der Waals surface area contributed by atoms with Crippen LogP contribution in [-0.2, 0) is 6.54 Å². The highest BCUT2D eigenvalue weighted by Gasteiger charge is 2.11. The number of hydrogen-bond acceptors (Lipinski definition) is 4. The van der Waals surface area contributed by atoms with E-state index in [1.807, 2.05) is 29.6 Å². The number of anilines is 1. The van der Waals surface area contributed by atoms with Gasteiger partial charge >= 0.3 is 0 Å². The quantitative estimate of drug-likeness (QED) is 0.723. The first-order valence-electron chi connectivity index (χ1n) is 6.24. The fraction of sp³-hybridized carbons (Fsp3) is 0.133. The topological polar surface area (TPSA) is 55.1 Å². The molecular formula is C15H14N2OS2. The first kappa shape index (κ1) is 13.1. The van der Waals surface area contributed by atoms with Crippen LogP contribution in [0.15, 0.2) is 35.7 Å². The highest BCUT2D eigenvalue weighted by molar-refractivity contribution is 7.20. The summed E-state index contributed by atoms with van der Waals surface area (Å²) in [6.45, 7) is 2.64. The van der Waals surface area contributed by atoms with Crippen molar-refractivity contribution in [3.8, 4) is 0 Å². The molecule has 0 atom stereocenters. The van der Waals surface area contributed by atoms with E-state index in [9.17, 15) is 4.79 Å². The van der Waals surface area contributed by atoms with Gasteiger partial charge in [0, 0.05) is 15.3 Å². The van der Waals surface area contributed by atoms with Gasteiger partial charge in [0.1, 0.15) is 0 Å². The molecule has 3 aromatic rings. The van der Waals surface area contributed by atoms with E-state index in [4.69, 9.17) is 5.73 Å². The van der Waals surface area contributed by atoms with Crippen LogP contribution in [0.3, 0.4) is 0 Å². The van der Waals surface area contributed by atoms with E-state index in [1.165, 1.54) is 21.8 Å². The molecule has 0 aliphatic carbocycles. The van der Waals surface area contributed by atoms with Gasteiger partial charge in [0.15, 0.2) is 0 Å². The highest BCUT2D eigenvalue weighted by atomic mass is 32.1. The number of nitrogen functional groups attached to an aromatic ring is 1. The molecule has 2 aromatic heterocycles. The van der Waals surface area contributed by atoms with Crippen molar-refractivity contribution in [2.24, 2.45) is 0 Å². The van der Waals surface area contributed by atoms with Crippen LogP contribution in [-0.4, -0.2) is 5.91 Å². The zero-order valence-electron chi connectivity index (χ0n) is 11.0. The van der Waals surface area contributed by atoms with Gasteiger partial charge in [-0.15, -0.1) is 22.7 Å². The van der Waals surface area contributed by atoms with Crippen LogP contribution in [0.1, 0.15) is 20.1 Å². The van der Waals surface area contributed by atoms with Crippen molar-refractivity contribution in [1.82, 2.24) is 5.32 Å². The van der Waals surface area contributed by atoms with Crippen LogP contribution < -0.4 is 11.1 Å². The number of nitrogens with one attached hydrogen (secondary N) is 1. The molecule has 0 fully saturated rings. The molecule has 0 aliphatic rings. The maximum atomic E-state index is 12.2. The summed E-state index contributed by atoms with van der Waals surface area (Å²) in [5, 5.41) is 6.03. The summed E-state index contributed by atoms with van der Waals surface area (Å²) in [7, 11) is 0. The van der Waals surface area contributed by atoms with Crippen molar-refractivity contribution < 1.29 is 4.79 Å². The number of rotatable bonds is 3. The lowest BCUT2D eigenvalue weighted by Gasteiger charge is -2.02. The van der Waals surface area contributed by atoms with Crippen molar-refractivity contribution in [3.05, 3.63) is 51.0 Å². The average Bonchev–Trinajstić information content (AvgIpc) is 3.01. The first-order chi connectivity index (χ1) is 9.63. The maximum absolute atomic E-state index is 12.2. The van der Waals surface area contributed by atoms with Crippen molar-refractivity contribution in [2.75, 3.05) is 5.73 Å². The molecular weight excluding hydrogens is 288 g/mol. The number of aryl methyl sites for hydroxylation is 1. The summed E-state index contributed by atoms with van der Waals surface area (Å²) in [4.78, 5) is 14.1. The Bertz CT molecular complexity index is 773. The minimum Gasteiger partial charge on any atom is -0.399 e. The minimum atomic E-state index is -0.0300. The zero-order chi connectivity index (χ0) is 14.1. The summed E-state index contributed by atoms with van der Waals surface area (Å²) in [6.07, 6.45) is 0. The van der Waals surface area contributed by atoms with Crippen LogP contribution in [0.2, 0.25) is 0 Å². The van der Waals surface area contributed by atoms with Crippen molar-refractivity contribution in [3.63, 3.8) is 0 Å². The predicted molar refractivity (Wildman–Crippen MR) is 86.5 cm³/mol. The number of thiophene rings is 2. The Morgan fingerprint density at radius 2 is 2.15 bits per heavy atom. The first-order valence-corrected chi connectivity index (χ1v) is 7.93. The molecule has 1 amide bonds. The van der Waals surface area contributed by atoms with E-state index in [-0.39, 0.29) is 5.91 Å². The van der Waals surface area contributed by atoms with Gasteiger partial charge in [0.2, 0.25) is 0 Å². The summed E-state index contributed by atoms with van der Waals surface area (Å²) >= 11 is 3.16. The van der Waals surface area contributed by atoms with E-state index >= 15 is 0 Å². The normalized spacial score (nSPS) is 10.8. The van der Waals surface area contributed by atoms with Gasteiger partial charge in [-0.1, -0.05) is 0 Å². The molecule has 102 valence electrons. The molecule has 20 heavy (non-hydrogen) atoms. The zero-order valence-corrected chi connectivity index (χ0v) is 12.6. The number of benzene rings is 1. The molecule has 2 heterocycles. The van der Waals surface area contributed by atoms with Gasteiger partial charge in [-0.25, -0.2) is 0 Å². The Kier molecular flexibility index (Phi) is 3.46. The van der Waals surface area contributed by atoms with Crippen LogP contribution in [0.5, 0.6) is 0 Å². The lowest BCUT2D eigenvalue weighted by Crippen LogP contribution is -2.21. The van der Waals surface area contributed by atoms with E-state index in [1.54, 1.807) is 11.3 Å². The van der Waals surface area contributed by atoms with E-state index < -0.39 is 0 Å². The van der Waals surface area contributed by atoms with E-state index in [0.29, 0.717) is 6.54 Å². The molecule has 0 radical (unpaired) electrons. The Balaban J connectivity index is 1.77. The molecule has 0 aliphatic heterocycles. The van der Waals surface area contributed by atoms with Gasteiger partial charge in [-0.3, -0.25) is 4.79 Å². The standard InChI is InChI=1S/C15H14N2OS2/c1-9-4-5-19-14(9)8-17-15(18)13-7-10-6-11(16)2-3-12(10)20-13/h2-7H,8,16H2,1H3,(H,17,18). The molecule has 3 N–H and O–H groups in total. The summed E-state index contributed by atoms with van der Waals surface area (Å²) in [6, 6.07) is 9.67. The Labute approximate surface area is 125 Å². The van der Waals surface area contributed by atoms with E-state index in [0.717, 1.165) is 20.7 Å². The lowest BCUT2D eigenvalue weighted by molar-refractivity contribution is 0.0955. The second kappa shape index (κ2) is 5.26. The van der Waals surface area contributed by atoms with E-state index in [2.05, 4.69) is 18.3 Å². The lowest BCUT2D eigenvalue weighted by atomic mass is 10.2.